The van der Waals surface area contributed by atoms with Crippen LogP contribution in [0, 0.1) is 6.92 Å². The minimum Gasteiger partial charge on any atom is -0.508 e. The van der Waals surface area contributed by atoms with E-state index in [9.17, 15) is 9.90 Å². The molecule has 0 saturated carbocycles. The van der Waals surface area contributed by atoms with Crippen LogP contribution in [-0.4, -0.2) is 11.0 Å². The molecule has 2 aromatic carbocycles. The minimum atomic E-state index is -0.110. The molecule has 21 heavy (non-hydrogen) atoms. The Morgan fingerprint density at radius 1 is 1.19 bits per heavy atom. The molecule has 2 N–H and O–H groups in total. The summed E-state index contributed by atoms with van der Waals surface area (Å²) in [6.07, 6.45) is 0. The number of amides is 1. The Labute approximate surface area is 131 Å². The van der Waals surface area contributed by atoms with Crippen molar-refractivity contribution in [2.24, 2.45) is 0 Å². The highest BCUT2D eigenvalue weighted by atomic mass is 79.9. The third-order valence-corrected chi connectivity index (χ3v) is 4.09. The summed E-state index contributed by atoms with van der Waals surface area (Å²) in [7, 11) is 0. The molecule has 0 unspecified atom stereocenters. The van der Waals surface area contributed by atoms with Gasteiger partial charge in [0.25, 0.3) is 5.91 Å². The van der Waals surface area contributed by atoms with E-state index in [1.165, 1.54) is 0 Å². The quantitative estimate of drug-likeness (QED) is 0.756. The Morgan fingerprint density at radius 3 is 2.67 bits per heavy atom. The molecule has 0 atom stereocenters. The molecule has 1 heterocycles. The Bertz CT molecular complexity index is 773. The van der Waals surface area contributed by atoms with Crippen molar-refractivity contribution < 1.29 is 9.90 Å². The first-order chi connectivity index (χ1) is 9.95. The number of phenolic OH excluding ortho intramolecular Hbond substituents is 1. The first-order valence-corrected chi connectivity index (χ1v) is 7.38. The maximum Gasteiger partial charge on any atom is 0.256 e. The molecule has 0 spiro atoms. The van der Waals surface area contributed by atoms with Crippen LogP contribution in [0.1, 0.15) is 23.6 Å². The van der Waals surface area contributed by atoms with Gasteiger partial charge in [0.15, 0.2) is 0 Å². The number of hydrogen-bond donors (Lipinski definition) is 2. The van der Waals surface area contributed by atoms with E-state index in [1.807, 2.05) is 38.1 Å². The molecular formula is C17H14BrNO2. The molecule has 0 aliphatic carbocycles. The van der Waals surface area contributed by atoms with Crippen molar-refractivity contribution in [1.29, 1.82) is 0 Å². The van der Waals surface area contributed by atoms with E-state index < -0.39 is 0 Å². The molecule has 0 saturated heterocycles. The fraction of sp³-hybridized carbons (Fsp3) is 0.118. The fourth-order valence-corrected chi connectivity index (χ4v) is 3.00. The first kappa shape index (κ1) is 13.9. The van der Waals surface area contributed by atoms with Gasteiger partial charge in [-0.2, -0.15) is 0 Å². The van der Waals surface area contributed by atoms with Gasteiger partial charge in [-0.3, -0.25) is 4.79 Å². The molecule has 3 nitrogen and oxygen atoms in total. The standard InChI is InChI=1S/C17H14BrNO2/c1-9-5-11(7-13(20)6-9)10(2)16-14-8-12(18)3-4-15(14)19-17(16)21/h3-8,20H,1-2H3,(H,19,21)/b16-10+. The molecule has 0 bridgehead atoms. The second-order valence-corrected chi connectivity index (χ2v) is 6.12. The summed E-state index contributed by atoms with van der Waals surface area (Å²) in [4.78, 5) is 12.3. The smallest absolute Gasteiger partial charge is 0.256 e. The maximum absolute atomic E-state index is 12.3. The van der Waals surface area contributed by atoms with Crippen LogP contribution in [0.15, 0.2) is 40.9 Å². The molecule has 3 rings (SSSR count). The summed E-state index contributed by atoms with van der Waals surface area (Å²) < 4.78 is 0.926. The van der Waals surface area contributed by atoms with Gasteiger partial charge in [-0.25, -0.2) is 0 Å². The zero-order valence-corrected chi connectivity index (χ0v) is 13.3. The van der Waals surface area contributed by atoms with Crippen LogP contribution in [-0.2, 0) is 4.79 Å². The highest BCUT2D eigenvalue weighted by molar-refractivity contribution is 9.10. The van der Waals surface area contributed by atoms with Gasteiger partial charge in [0.05, 0.1) is 5.57 Å². The molecule has 1 aliphatic rings. The second kappa shape index (κ2) is 5.04. The van der Waals surface area contributed by atoms with Crippen LogP contribution in [0.25, 0.3) is 11.1 Å². The Balaban J connectivity index is 2.22. The molecule has 1 amide bonds. The fourth-order valence-electron chi connectivity index (χ4n) is 2.64. The number of phenols is 1. The highest BCUT2D eigenvalue weighted by Gasteiger charge is 2.26. The van der Waals surface area contributed by atoms with Gasteiger partial charge in [0.1, 0.15) is 5.75 Å². The summed E-state index contributed by atoms with van der Waals surface area (Å²) in [5, 5.41) is 12.6. The Kier molecular flexibility index (Phi) is 3.33. The second-order valence-electron chi connectivity index (χ2n) is 5.20. The molecule has 2 aromatic rings. The number of carbonyl (C=O) groups excluding carboxylic acids is 1. The van der Waals surface area contributed by atoms with E-state index in [2.05, 4.69) is 21.2 Å². The number of aromatic hydroxyl groups is 1. The normalized spacial score (nSPS) is 15.7. The van der Waals surface area contributed by atoms with E-state index in [-0.39, 0.29) is 11.7 Å². The molecular weight excluding hydrogens is 330 g/mol. The number of hydrogen-bond acceptors (Lipinski definition) is 2. The van der Waals surface area contributed by atoms with Crippen LogP contribution < -0.4 is 5.32 Å². The van der Waals surface area contributed by atoms with Crippen molar-refractivity contribution in [2.45, 2.75) is 13.8 Å². The predicted octanol–water partition coefficient (Wildman–Crippen LogP) is 4.35. The molecule has 0 radical (unpaired) electrons. The van der Waals surface area contributed by atoms with Gasteiger partial charge >= 0.3 is 0 Å². The van der Waals surface area contributed by atoms with E-state index in [4.69, 9.17) is 0 Å². The SMILES string of the molecule is C/C(=C1\C(=O)Nc2ccc(Br)cc21)c1cc(C)cc(O)c1. The molecule has 0 aromatic heterocycles. The third-order valence-electron chi connectivity index (χ3n) is 3.60. The van der Waals surface area contributed by atoms with E-state index in [0.29, 0.717) is 5.57 Å². The summed E-state index contributed by atoms with van der Waals surface area (Å²) >= 11 is 3.44. The van der Waals surface area contributed by atoms with E-state index >= 15 is 0 Å². The largest absolute Gasteiger partial charge is 0.508 e. The number of rotatable bonds is 1. The van der Waals surface area contributed by atoms with Crippen LogP contribution >= 0.6 is 15.9 Å². The number of halogens is 1. The topological polar surface area (TPSA) is 49.3 Å². The lowest BCUT2D eigenvalue weighted by atomic mass is 9.95. The highest BCUT2D eigenvalue weighted by Crippen LogP contribution is 2.38. The number of aryl methyl sites for hydroxylation is 1. The van der Waals surface area contributed by atoms with Crippen molar-refractivity contribution in [1.82, 2.24) is 0 Å². The lowest BCUT2D eigenvalue weighted by molar-refractivity contribution is -0.110. The molecule has 4 heteroatoms. The number of carbonyl (C=O) groups is 1. The maximum atomic E-state index is 12.3. The number of allylic oxidation sites excluding steroid dienone is 1. The van der Waals surface area contributed by atoms with Crippen molar-refractivity contribution in [3.8, 4) is 5.75 Å². The summed E-state index contributed by atoms with van der Waals surface area (Å²) in [6, 6.07) is 11.0. The van der Waals surface area contributed by atoms with E-state index in [0.717, 1.165) is 32.4 Å². The van der Waals surface area contributed by atoms with Gasteiger partial charge in [-0.05, 0) is 60.9 Å². The van der Waals surface area contributed by atoms with Crippen LogP contribution in [0.2, 0.25) is 0 Å². The first-order valence-electron chi connectivity index (χ1n) is 6.59. The van der Waals surface area contributed by atoms with Gasteiger partial charge < -0.3 is 10.4 Å². The number of fused-ring (bicyclic) bond motifs is 1. The van der Waals surface area contributed by atoms with Crippen molar-refractivity contribution in [3.05, 3.63) is 57.6 Å². The lowest BCUT2D eigenvalue weighted by Crippen LogP contribution is -2.05. The van der Waals surface area contributed by atoms with Gasteiger partial charge in [0, 0.05) is 15.7 Å². The van der Waals surface area contributed by atoms with E-state index in [1.54, 1.807) is 12.1 Å². The minimum absolute atomic E-state index is 0.110. The van der Waals surface area contributed by atoms with Crippen LogP contribution in [0.5, 0.6) is 5.75 Å². The molecule has 106 valence electrons. The van der Waals surface area contributed by atoms with Crippen LogP contribution in [0.3, 0.4) is 0 Å². The lowest BCUT2D eigenvalue weighted by Gasteiger charge is -2.08. The zero-order chi connectivity index (χ0) is 15.1. The predicted molar refractivity (Wildman–Crippen MR) is 88.1 cm³/mol. The average molecular weight is 344 g/mol. The summed E-state index contributed by atoms with van der Waals surface area (Å²) in [5.41, 5.74) is 5.00. The summed E-state index contributed by atoms with van der Waals surface area (Å²) in [5.74, 6) is 0.0967. The summed E-state index contributed by atoms with van der Waals surface area (Å²) in [6.45, 7) is 3.82. The van der Waals surface area contributed by atoms with Gasteiger partial charge in [-0.1, -0.05) is 22.0 Å². The van der Waals surface area contributed by atoms with Crippen molar-refractivity contribution >= 4 is 38.7 Å². The van der Waals surface area contributed by atoms with Crippen molar-refractivity contribution in [3.63, 3.8) is 0 Å². The van der Waals surface area contributed by atoms with Gasteiger partial charge in [-0.15, -0.1) is 0 Å². The van der Waals surface area contributed by atoms with Crippen molar-refractivity contribution in [2.75, 3.05) is 5.32 Å². The van der Waals surface area contributed by atoms with Gasteiger partial charge in [0.2, 0.25) is 0 Å². The average Bonchev–Trinajstić information content (AvgIpc) is 2.72. The number of benzene rings is 2. The van der Waals surface area contributed by atoms with Crippen LogP contribution in [0.4, 0.5) is 5.69 Å². The zero-order valence-electron chi connectivity index (χ0n) is 11.7. The Hall–Kier alpha value is -2.07. The third kappa shape index (κ3) is 2.47. The monoisotopic (exact) mass is 343 g/mol. The number of anilines is 1. The Morgan fingerprint density at radius 2 is 1.95 bits per heavy atom. The molecule has 1 aliphatic heterocycles. The molecule has 0 fully saturated rings. The number of nitrogens with one attached hydrogen (secondary N) is 1.